The average molecular weight is 345 g/mol. The molecule has 5 nitrogen and oxygen atoms in total. The van der Waals surface area contributed by atoms with Gasteiger partial charge in [-0.3, -0.25) is 4.79 Å². The summed E-state index contributed by atoms with van der Waals surface area (Å²) in [5, 5.41) is 13.7. The molecular formula is C18H23N3O2S. The molecule has 2 heterocycles. The Hall–Kier alpha value is -1.92. The van der Waals surface area contributed by atoms with Crippen LogP contribution in [0.25, 0.3) is 0 Å². The van der Waals surface area contributed by atoms with Crippen LogP contribution in [0.15, 0.2) is 35.7 Å². The van der Waals surface area contributed by atoms with Crippen LogP contribution >= 0.6 is 11.3 Å². The van der Waals surface area contributed by atoms with Crippen molar-refractivity contribution in [2.75, 3.05) is 31.1 Å². The Morgan fingerprint density at radius 2 is 1.92 bits per heavy atom. The van der Waals surface area contributed by atoms with Crippen molar-refractivity contribution in [3.63, 3.8) is 0 Å². The molecule has 0 bridgehead atoms. The summed E-state index contributed by atoms with van der Waals surface area (Å²) in [6.07, 6.45) is 0.105. The summed E-state index contributed by atoms with van der Waals surface area (Å²) < 4.78 is 0. The highest BCUT2D eigenvalue weighted by Gasteiger charge is 2.30. The predicted molar refractivity (Wildman–Crippen MR) is 96.3 cm³/mol. The molecule has 0 radical (unpaired) electrons. The highest BCUT2D eigenvalue weighted by atomic mass is 32.1. The summed E-state index contributed by atoms with van der Waals surface area (Å²) >= 11 is 1.64. The van der Waals surface area contributed by atoms with Gasteiger partial charge in [-0.15, -0.1) is 11.3 Å². The molecule has 6 heteroatoms. The number of hydrogen-bond acceptors (Lipinski definition) is 5. The molecule has 1 aliphatic rings. The normalized spacial score (nSPS) is 17.6. The van der Waals surface area contributed by atoms with E-state index in [0.29, 0.717) is 13.1 Å². The van der Waals surface area contributed by atoms with Crippen LogP contribution in [-0.4, -0.2) is 47.1 Å². The molecule has 24 heavy (non-hydrogen) atoms. The highest BCUT2D eigenvalue weighted by Crippen LogP contribution is 2.26. The maximum absolute atomic E-state index is 12.6. The topological polar surface area (TPSA) is 56.7 Å². The first-order valence-electron chi connectivity index (χ1n) is 8.18. The second-order valence-corrected chi connectivity index (χ2v) is 7.29. The van der Waals surface area contributed by atoms with E-state index in [1.807, 2.05) is 47.5 Å². The van der Waals surface area contributed by atoms with E-state index < -0.39 is 5.60 Å². The van der Waals surface area contributed by atoms with Gasteiger partial charge in [0.05, 0.1) is 17.7 Å². The van der Waals surface area contributed by atoms with Gasteiger partial charge in [-0.05, 0) is 19.4 Å². The lowest BCUT2D eigenvalue weighted by Gasteiger charge is -2.36. The number of aliphatic hydroxyl groups is 1. The Labute approximate surface area is 146 Å². The number of nitrogens with zero attached hydrogens (tertiary/aromatic N) is 3. The molecule has 1 aliphatic heterocycles. The molecule has 1 aromatic carbocycles. The van der Waals surface area contributed by atoms with Gasteiger partial charge in [0.25, 0.3) is 0 Å². The molecule has 0 saturated carbocycles. The second kappa shape index (κ2) is 6.91. The zero-order valence-corrected chi connectivity index (χ0v) is 14.9. The van der Waals surface area contributed by atoms with Gasteiger partial charge >= 0.3 is 0 Å². The molecule has 0 aliphatic carbocycles. The van der Waals surface area contributed by atoms with Crippen LogP contribution in [0, 0.1) is 6.92 Å². The third-order valence-corrected chi connectivity index (χ3v) is 5.42. The summed E-state index contributed by atoms with van der Waals surface area (Å²) in [6, 6.07) is 9.37. The number of piperazine rings is 1. The number of anilines is 1. The smallest absolute Gasteiger partial charge is 0.225 e. The van der Waals surface area contributed by atoms with Crippen LogP contribution in [0.4, 0.5) is 5.13 Å². The van der Waals surface area contributed by atoms with Crippen LogP contribution in [-0.2, 0) is 10.4 Å². The molecule has 1 amide bonds. The van der Waals surface area contributed by atoms with E-state index in [9.17, 15) is 9.90 Å². The molecule has 1 atom stereocenters. The minimum absolute atomic E-state index is 0.00109. The van der Waals surface area contributed by atoms with Gasteiger partial charge in [-0.1, -0.05) is 30.3 Å². The third kappa shape index (κ3) is 3.76. The van der Waals surface area contributed by atoms with E-state index in [4.69, 9.17) is 0 Å². The van der Waals surface area contributed by atoms with Crippen molar-refractivity contribution >= 4 is 22.4 Å². The standard InChI is InChI=1S/C18H23N3O2S/c1-14-13-24-17(19-14)21-10-8-20(9-11-21)16(22)12-18(2,23)15-6-4-3-5-7-15/h3-7,13,23H,8-12H2,1-2H3. The Balaban J connectivity index is 1.57. The summed E-state index contributed by atoms with van der Waals surface area (Å²) in [4.78, 5) is 21.1. The summed E-state index contributed by atoms with van der Waals surface area (Å²) in [7, 11) is 0. The number of carbonyl (C=O) groups excluding carboxylic acids is 1. The summed E-state index contributed by atoms with van der Waals surface area (Å²) in [5.74, 6) is -0.00109. The van der Waals surface area contributed by atoms with Crippen LogP contribution < -0.4 is 4.90 Å². The van der Waals surface area contributed by atoms with E-state index in [1.165, 1.54) is 0 Å². The van der Waals surface area contributed by atoms with Crippen molar-refractivity contribution in [3.05, 3.63) is 47.0 Å². The Morgan fingerprint density at radius 1 is 1.25 bits per heavy atom. The van der Waals surface area contributed by atoms with Gasteiger partial charge in [0.1, 0.15) is 0 Å². The SMILES string of the molecule is Cc1csc(N2CCN(C(=O)CC(C)(O)c3ccccc3)CC2)n1. The summed E-state index contributed by atoms with van der Waals surface area (Å²) in [6.45, 7) is 6.60. The molecule has 1 N–H and O–H groups in total. The fraction of sp³-hybridized carbons (Fsp3) is 0.444. The van der Waals surface area contributed by atoms with Gasteiger partial charge in [0.15, 0.2) is 5.13 Å². The lowest BCUT2D eigenvalue weighted by Crippen LogP contribution is -2.50. The van der Waals surface area contributed by atoms with Crippen LogP contribution in [0.1, 0.15) is 24.6 Å². The number of hydrogen-bond donors (Lipinski definition) is 1. The molecule has 128 valence electrons. The van der Waals surface area contributed by atoms with Gasteiger partial charge in [-0.2, -0.15) is 0 Å². The largest absolute Gasteiger partial charge is 0.385 e. The Bertz CT molecular complexity index is 691. The van der Waals surface area contributed by atoms with Gasteiger partial charge in [0, 0.05) is 31.6 Å². The summed E-state index contributed by atoms with van der Waals surface area (Å²) in [5.41, 5.74) is 0.671. The van der Waals surface area contributed by atoms with Crippen molar-refractivity contribution in [3.8, 4) is 0 Å². The molecule has 3 rings (SSSR count). The maximum atomic E-state index is 12.6. The van der Waals surface area contributed by atoms with Crippen LogP contribution in [0.5, 0.6) is 0 Å². The number of rotatable bonds is 4. The number of aromatic nitrogens is 1. The number of amides is 1. The van der Waals surface area contributed by atoms with Crippen molar-refractivity contribution in [1.29, 1.82) is 0 Å². The van der Waals surface area contributed by atoms with Crippen molar-refractivity contribution < 1.29 is 9.90 Å². The molecule has 1 fully saturated rings. The van der Waals surface area contributed by atoms with Crippen LogP contribution in [0.3, 0.4) is 0 Å². The molecular weight excluding hydrogens is 322 g/mol. The lowest BCUT2D eigenvalue weighted by molar-refractivity contribution is -0.136. The fourth-order valence-electron chi connectivity index (χ4n) is 2.94. The van der Waals surface area contributed by atoms with E-state index in [1.54, 1.807) is 18.3 Å². The van der Waals surface area contributed by atoms with E-state index in [-0.39, 0.29) is 12.3 Å². The number of carbonyl (C=O) groups is 1. The van der Waals surface area contributed by atoms with Gasteiger partial charge in [-0.25, -0.2) is 4.98 Å². The Morgan fingerprint density at radius 3 is 2.50 bits per heavy atom. The number of thiazole rings is 1. The molecule has 2 aromatic rings. The first-order valence-corrected chi connectivity index (χ1v) is 9.06. The zero-order valence-electron chi connectivity index (χ0n) is 14.1. The fourth-order valence-corrected chi connectivity index (χ4v) is 3.80. The average Bonchev–Trinajstić information content (AvgIpc) is 3.02. The second-order valence-electron chi connectivity index (χ2n) is 6.46. The molecule has 0 spiro atoms. The molecule has 1 unspecified atom stereocenters. The van der Waals surface area contributed by atoms with Crippen LogP contribution in [0.2, 0.25) is 0 Å². The van der Waals surface area contributed by atoms with E-state index >= 15 is 0 Å². The van der Waals surface area contributed by atoms with Gasteiger partial charge < -0.3 is 14.9 Å². The van der Waals surface area contributed by atoms with E-state index in [0.717, 1.165) is 29.5 Å². The first-order chi connectivity index (χ1) is 11.5. The van der Waals surface area contributed by atoms with Gasteiger partial charge in [0.2, 0.25) is 5.91 Å². The van der Waals surface area contributed by atoms with Crippen molar-refractivity contribution in [2.24, 2.45) is 0 Å². The quantitative estimate of drug-likeness (QED) is 0.924. The maximum Gasteiger partial charge on any atom is 0.225 e. The van der Waals surface area contributed by atoms with Crippen molar-refractivity contribution in [2.45, 2.75) is 25.9 Å². The van der Waals surface area contributed by atoms with E-state index in [2.05, 4.69) is 9.88 Å². The third-order valence-electron chi connectivity index (χ3n) is 4.40. The number of aryl methyl sites for hydroxylation is 1. The van der Waals surface area contributed by atoms with Crippen molar-refractivity contribution in [1.82, 2.24) is 9.88 Å². The first kappa shape index (κ1) is 16.9. The minimum Gasteiger partial charge on any atom is -0.385 e. The molecule has 1 saturated heterocycles. The zero-order chi connectivity index (χ0) is 17.2. The monoisotopic (exact) mass is 345 g/mol. The number of benzene rings is 1. The highest BCUT2D eigenvalue weighted by molar-refractivity contribution is 7.13. The lowest BCUT2D eigenvalue weighted by atomic mass is 9.92. The minimum atomic E-state index is -1.14. The predicted octanol–water partition coefficient (Wildman–Crippen LogP) is 2.40. The molecule has 1 aromatic heterocycles. The Kier molecular flexibility index (Phi) is 4.87.